The van der Waals surface area contributed by atoms with Gasteiger partial charge in [-0.25, -0.2) is 0 Å². The average molecular weight is 335 g/mol. The molecular weight excluding hydrogens is 320 g/mol. The van der Waals surface area contributed by atoms with Crippen molar-refractivity contribution in [3.8, 4) is 0 Å². The van der Waals surface area contributed by atoms with E-state index in [9.17, 15) is 0 Å². The van der Waals surface area contributed by atoms with E-state index in [0.717, 1.165) is 21.3 Å². The molecule has 2 aromatic rings. The maximum atomic E-state index is 8.77. The Kier molecular flexibility index (Phi) is 4.57. The number of halogens is 1. The molecule has 6 heteroatoms. The van der Waals surface area contributed by atoms with Gasteiger partial charge < -0.3 is 16.3 Å². The lowest BCUT2D eigenvalue weighted by atomic mass is 10.1. The molecule has 20 heavy (non-hydrogen) atoms. The van der Waals surface area contributed by atoms with E-state index >= 15 is 0 Å². The van der Waals surface area contributed by atoms with Crippen LogP contribution in [0, 0.1) is 6.92 Å². The number of rotatable bonds is 4. The minimum absolute atomic E-state index is 0.00529. The van der Waals surface area contributed by atoms with Gasteiger partial charge in [0, 0.05) is 28.5 Å². The highest BCUT2D eigenvalue weighted by molar-refractivity contribution is 9.10. The van der Waals surface area contributed by atoms with Gasteiger partial charge >= 0.3 is 0 Å². The maximum Gasteiger partial charge on any atom is 0.189 e. The standard InChI is InChI=1S/C14H15BrN4O/c1-9-4-2-6-11(12(9)15)18-8-10-5-3-7-17-13(10)14(16)19-20/h2-7,18,20H,8H2,1H3,(H2,16,19). The smallest absolute Gasteiger partial charge is 0.189 e. The van der Waals surface area contributed by atoms with Crippen molar-refractivity contribution < 1.29 is 5.21 Å². The van der Waals surface area contributed by atoms with Crippen LogP contribution in [0.5, 0.6) is 0 Å². The highest BCUT2D eigenvalue weighted by Crippen LogP contribution is 2.26. The number of nitrogens with two attached hydrogens (primary N) is 1. The van der Waals surface area contributed by atoms with Crippen molar-refractivity contribution in [3.63, 3.8) is 0 Å². The summed E-state index contributed by atoms with van der Waals surface area (Å²) in [4.78, 5) is 4.13. The summed E-state index contributed by atoms with van der Waals surface area (Å²) in [5.74, 6) is 0.00529. The third-order valence-corrected chi connectivity index (χ3v) is 3.96. The predicted octanol–water partition coefficient (Wildman–Crippen LogP) is 2.86. The third kappa shape index (κ3) is 3.08. The molecule has 5 nitrogen and oxygen atoms in total. The lowest BCUT2D eigenvalue weighted by Gasteiger charge is -2.12. The van der Waals surface area contributed by atoms with E-state index in [1.165, 1.54) is 0 Å². The molecule has 0 aliphatic rings. The second-order valence-corrected chi connectivity index (χ2v) is 5.08. The Bertz CT molecular complexity index is 643. The van der Waals surface area contributed by atoms with Gasteiger partial charge in [0.25, 0.3) is 0 Å². The first-order chi connectivity index (χ1) is 9.63. The summed E-state index contributed by atoms with van der Waals surface area (Å²) in [5, 5.41) is 15.1. The molecular formula is C14H15BrN4O. The van der Waals surface area contributed by atoms with Gasteiger partial charge in [0.15, 0.2) is 5.84 Å². The Morgan fingerprint density at radius 3 is 2.95 bits per heavy atom. The highest BCUT2D eigenvalue weighted by atomic mass is 79.9. The number of pyridine rings is 1. The van der Waals surface area contributed by atoms with Gasteiger partial charge in [-0.2, -0.15) is 0 Å². The van der Waals surface area contributed by atoms with Crippen LogP contribution in [0.25, 0.3) is 0 Å². The molecule has 0 aliphatic heterocycles. The molecule has 1 aromatic carbocycles. The number of amidine groups is 1. The summed E-state index contributed by atoms with van der Waals surface area (Å²) in [5.41, 5.74) is 9.09. The first-order valence-electron chi connectivity index (χ1n) is 6.04. The average Bonchev–Trinajstić information content (AvgIpc) is 2.48. The van der Waals surface area contributed by atoms with E-state index in [-0.39, 0.29) is 5.84 Å². The molecule has 1 heterocycles. The molecule has 0 amide bonds. The monoisotopic (exact) mass is 334 g/mol. The summed E-state index contributed by atoms with van der Waals surface area (Å²) in [6, 6.07) is 9.70. The van der Waals surface area contributed by atoms with E-state index < -0.39 is 0 Å². The van der Waals surface area contributed by atoms with Gasteiger partial charge in [-0.05, 0) is 40.5 Å². The third-order valence-electron chi connectivity index (χ3n) is 2.90. The molecule has 0 atom stereocenters. The zero-order chi connectivity index (χ0) is 14.5. The fraction of sp³-hybridized carbons (Fsp3) is 0.143. The van der Waals surface area contributed by atoms with Crippen molar-refractivity contribution >= 4 is 27.5 Å². The Morgan fingerprint density at radius 2 is 2.20 bits per heavy atom. The van der Waals surface area contributed by atoms with Crippen molar-refractivity contribution in [1.82, 2.24) is 4.98 Å². The summed E-state index contributed by atoms with van der Waals surface area (Å²) in [7, 11) is 0. The fourth-order valence-corrected chi connectivity index (χ4v) is 2.24. The summed E-state index contributed by atoms with van der Waals surface area (Å²) in [6.45, 7) is 2.56. The van der Waals surface area contributed by atoms with Crippen molar-refractivity contribution in [2.24, 2.45) is 10.9 Å². The van der Waals surface area contributed by atoms with E-state index in [1.807, 2.05) is 37.3 Å². The van der Waals surface area contributed by atoms with Crippen LogP contribution in [-0.2, 0) is 6.54 Å². The number of hydrogen-bond donors (Lipinski definition) is 3. The zero-order valence-corrected chi connectivity index (χ0v) is 12.6. The first kappa shape index (κ1) is 14.3. The van der Waals surface area contributed by atoms with E-state index in [2.05, 4.69) is 31.4 Å². The number of anilines is 1. The maximum absolute atomic E-state index is 8.77. The summed E-state index contributed by atoms with van der Waals surface area (Å²) < 4.78 is 1.02. The molecule has 104 valence electrons. The van der Waals surface area contributed by atoms with Crippen molar-refractivity contribution in [1.29, 1.82) is 0 Å². The number of nitrogens with one attached hydrogen (secondary N) is 1. The molecule has 0 saturated heterocycles. The van der Waals surface area contributed by atoms with E-state index in [0.29, 0.717) is 12.2 Å². The Morgan fingerprint density at radius 1 is 1.40 bits per heavy atom. The Hall–Kier alpha value is -2.08. The van der Waals surface area contributed by atoms with Crippen LogP contribution in [0.3, 0.4) is 0 Å². The molecule has 0 bridgehead atoms. The summed E-state index contributed by atoms with van der Waals surface area (Å²) >= 11 is 3.55. The van der Waals surface area contributed by atoms with Crippen LogP contribution >= 0.6 is 15.9 Å². The minimum atomic E-state index is 0.00529. The Balaban J connectivity index is 2.21. The lowest BCUT2D eigenvalue weighted by Crippen LogP contribution is -2.18. The quantitative estimate of drug-likeness (QED) is 0.347. The van der Waals surface area contributed by atoms with Crippen LogP contribution in [0.2, 0.25) is 0 Å². The van der Waals surface area contributed by atoms with Crippen molar-refractivity contribution in [2.75, 3.05) is 5.32 Å². The number of aromatic nitrogens is 1. The van der Waals surface area contributed by atoms with Gasteiger partial charge in [0.05, 0.1) is 0 Å². The van der Waals surface area contributed by atoms with Crippen LogP contribution < -0.4 is 11.1 Å². The molecule has 0 saturated carbocycles. The largest absolute Gasteiger partial charge is 0.409 e. The van der Waals surface area contributed by atoms with Gasteiger partial charge in [0.2, 0.25) is 0 Å². The van der Waals surface area contributed by atoms with Crippen LogP contribution in [0.4, 0.5) is 5.69 Å². The normalized spacial score (nSPS) is 11.4. The number of hydrogen-bond acceptors (Lipinski definition) is 4. The molecule has 4 N–H and O–H groups in total. The second kappa shape index (κ2) is 6.38. The van der Waals surface area contributed by atoms with Crippen LogP contribution in [0.15, 0.2) is 46.2 Å². The Labute approximate surface area is 125 Å². The number of nitrogens with zero attached hydrogens (tertiary/aromatic N) is 2. The molecule has 1 aromatic heterocycles. The summed E-state index contributed by atoms with van der Waals surface area (Å²) in [6.07, 6.45) is 1.61. The minimum Gasteiger partial charge on any atom is -0.409 e. The second-order valence-electron chi connectivity index (χ2n) is 4.29. The number of oxime groups is 1. The van der Waals surface area contributed by atoms with Crippen molar-refractivity contribution in [3.05, 3.63) is 57.8 Å². The zero-order valence-electron chi connectivity index (χ0n) is 11.0. The molecule has 0 spiro atoms. The highest BCUT2D eigenvalue weighted by Gasteiger charge is 2.09. The molecule has 0 aliphatic carbocycles. The number of aryl methyl sites for hydroxylation is 1. The van der Waals surface area contributed by atoms with E-state index in [4.69, 9.17) is 10.9 Å². The predicted molar refractivity (Wildman–Crippen MR) is 83.0 cm³/mol. The van der Waals surface area contributed by atoms with Crippen LogP contribution in [-0.4, -0.2) is 16.0 Å². The molecule has 2 rings (SSSR count). The van der Waals surface area contributed by atoms with Gasteiger partial charge in [0.1, 0.15) is 5.69 Å². The van der Waals surface area contributed by atoms with Gasteiger partial charge in [-0.3, -0.25) is 4.98 Å². The van der Waals surface area contributed by atoms with E-state index in [1.54, 1.807) is 6.20 Å². The molecule has 0 fully saturated rings. The van der Waals surface area contributed by atoms with Crippen molar-refractivity contribution in [2.45, 2.75) is 13.5 Å². The first-order valence-corrected chi connectivity index (χ1v) is 6.83. The lowest BCUT2D eigenvalue weighted by molar-refractivity contribution is 0.318. The molecule has 0 unspecified atom stereocenters. The van der Waals surface area contributed by atoms with Gasteiger partial charge in [-0.15, -0.1) is 0 Å². The topological polar surface area (TPSA) is 83.5 Å². The number of benzene rings is 1. The van der Waals surface area contributed by atoms with Gasteiger partial charge in [-0.1, -0.05) is 23.4 Å². The SMILES string of the molecule is Cc1cccc(NCc2cccnc2/C(N)=N/O)c1Br. The molecule has 0 radical (unpaired) electrons. The van der Waals surface area contributed by atoms with Crippen LogP contribution in [0.1, 0.15) is 16.8 Å². The fourth-order valence-electron chi connectivity index (χ4n) is 1.83.